The van der Waals surface area contributed by atoms with E-state index in [-0.39, 0.29) is 0 Å². The second-order valence-electron chi connectivity index (χ2n) is 12.8. The minimum absolute atomic E-state index is 0.418. The molecule has 0 spiro atoms. The Hall–Kier alpha value is -2.78. The van der Waals surface area contributed by atoms with E-state index >= 15 is 0 Å². The van der Waals surface area contributed by atoms with Gasteiger partial charge >= 0.3 is 0 Å². The van der Waals surface area contributed by atoms with Crippen molar-refractivity contribution in [2.24, 2.45) is 0 Å². The third-order valence-electron chi connectivity index (χ3n) is 8.58. The van der Waals surface area contributed by atoms with Crippen LogP contribution in [-0.4, -0.2) is 139 Å². The zero-order chi connectivity index (χ0) is 39.3. The monoisotopic (exact) mass is 784 g/mol. The van der Waals surface area contributed by atoms with Crippen LogP contribution in [0.15, 0.2) is 91.0 Å². The van der Waals surface area contributed by atoms with Crippen LogP contribution in [0.5, 0.6) is 0 Å². The highest BCUT2D eigenvalue weighted by molar-refractivity contribution is 5.47. The normalized spacial score (nSPS) is 11.7. The predicted octanol–water partition coefficient (Wildman–Crippen LogP) is 6.74. The van der Waals surface area contributed by atoms with E-state index in [1.54, 1.807) is 0 Å². The molecule has 0 aromatic heterocycles. The summed E-state index contributed by atoms with van der Waals surface area (Å²) in [4.78, 5) is 0. The van der Waals surface area contributed by atoms with Gasteiger partial charge in [-0.1, -0.05) is 117 Å². The Balaban J connectivity index is 1.04. The molecule has 314 valence electrons. The second kappa shape index (κ2) is 34.3. The third kappa shape index (κ3) is 21.7. The van der Waals surface area contributed by atoms with E-state index in [0.29, 0.717) is 132 Å². The molecule has 0 aliphatic rings. The zero-order valence-corrected chi connectivity index (χ0v) is 33.8. The van der Waals surface area contributed by atoms with Crippen LogP contribution in [0, 0.1) is 0 Å². The summed E-state index contributed by atoms with van der Waals surface area (Å²) in [6, 6.07) is 31.0. The molecular weight excluding hydrogens is 716 g/mol. The molecule has 0 amide bonds. The Bertz CT molecular complexity index is 1160. The minimum atomic E-state index is -0.750. The summed E-state index contributed by atoms with van der Waals surface area (Å²) in [6.45, 7) is 13.3. The SMILES string of the molecule is CCCCCCOCCOCCOCCOCCOCCOCCOCCOCCOCCOCCOC(c1ccccc1)(c1ccccc1)c1ccccc1. The molecular formula is C45H68O11. The molecule has 0 radical (unpaired) electrons. The van der Waals surface area contributed by atoms with Gasteiger partial charge in [0.25, 0.3) is 0 Å². The van der Waals surface area contributed by atoms with Gasteiger partial charge in [0.2, 0.25) is 0 Å². The van der Waals surface area contributed by atoms with Gasteiger partial charge < -0.3 is 52.1 Å². The first-order valence-corrected chi connectivity index (χ1v) is 20.5. The summed E-state index contributed by atoms with van der Waals surface area (Å²) >= 11 is 0. The molecule has 11 heteroatoms. The maximum absolute atomic E-state index is 6.73. The Labute approximate surface area is 336 Å². The Morgan fingerprint density at radius 3 is 0.804 bits per heavy atom. The van der Waals surface area contributed by atoms with Crippen LogP contribution in [0.2, 0.25) is 0 Å². The van der Waals surface area contributed by atoms with Crippen LogP contribution >= 0.6 is 0 Å². The van der Waals surface area contributed by atoms with E-state index in [9.17, 15) is 0 Å². The Kier molecular flexibility index (Phi) is 29.1. The topological polar surface area (TPSA) is 102 Å². The van der Waals surface area contributed by atoms with Gasteiger partial charge in [-0.25, -0.2) is 0 Å². The Morgan fingerprint density at radius 2 is 0.536 bits per heavy atom. The fourth-order valence-electron chi connectivity index (χ4n) is 5.73. The lowest BCUT2D eigenvalue weighted by Gasteiger charge is -2.36. The molecule has 0 saturated carbocycles. The highest BCUT2D eigenvalue weighted by Crippen LogP contribution is 2.40. The number of ether oxygens (including phenoxy) is 11. The van der Waals surface area contributed by atoms with Crippen molar-refractivity contribution in [3.05, 3.63) is 108 Å². The predicted molar refractivity (Wildman–Crippen MR) is 217 cm³/mol. The van der Waals surface area contributed by atoms with E-state index in [1.165, 1.54) is 19.3 Å². The zero-order valence-electron chi connectivity index (χ0n) is 33.8. The molecule has 56 heavy (non-hydrogen) atoms. The average Bonchev–Trinajstić information content (AvgIpc) is 3.24. The fourth-order valence-corrected chi connectivity index (χ4v) is 5.73. The highest BCUT2D eigenvalue weighted by atomic mass is 16.6. The van der Waals surface area contributed by atoms with Gasteiger partial charge in [0, 0.05) is 6.61 Å². The van der Waals surface area contributed by atoms with Crippen molar-refractivity contribution in [1.29, 1.82) is 0 Å². The van der Waals surface area contributed by atoms with Gasteiger partial charge in [-0.2, -0.15) is 0 Å². The van der Waals surface area contributed by atoms with E-state index in [2.05, 4.69) is 43.3 Å². The van der Waals surface area contributed by atoms with Crippen molar-refractivity contribution in [1.82, 2.24) is 0 Å². The van der Waals surface area contributed by atoms with Crippen LogP contribution in [0.4, 0.5) is 0 Å². The molecule has 11 nitrogen and oxygen atoms in total. The number of benzene rings is 3. The van der Waals surface area contributed by atoms with Crippen LogP contribution in [0.3, 0.4) is 0 Å². The van der Waals surface area contributed by atoms with Gasteiger partial charge in [-0.05, 0) is 23.1 Å². The molecule has 3 rings (SSSR count). The first kappa shape index (κ1) is 47.6. The van der Waals surface area contributed by atoms with Crippen LogP contribution in [0.25, 0.3) is 0 Å². The second-order valence-corrected chi connectivity index (χ2v) is 12.8. The largest absolute Gasteiger partial charge is 0.379 e. The summed E-state index contributed by atoms with van der Waals surface area (Å²) in [5.41, 5.74) is 2.46. The summed E-state index contributed by atoms with van der Waals surface area (Å²) in [6.07, 6.45) is 4.89. The van der Waals surface area contributed by atoms with Gasteiger partial charge in [-0.15, -0.1) is 0 Å². The summed E-state index contributed by atoms with van der Waals surface area (Å²) in [5, 5.41) is 0. The van der Waals surface area contributed by atoms with Crippen molar-refractivity contribution in [2.75, 3.05) is 139 Å². The maximum atomic E-state index is 6.73. The molecule has 3 aromatic rings. The minimum Gasteiger partial charge on any atom is -0.379 e. The van der Waals surface area contributed by atoms with Crippen molar-refractivity contribution >= 4 is 0 Å². The lowest BCUT2D eigenvalue weighted by Crippen LogP contribution is -2.34. The molecule has 0 N–H and O–H groups in total. The van der Waals surface area contributed by atoms with Crippen LogP contribution in [-0.2, 0) is 57.7 Å². The third-order valence-corrected chi connectivity index (χ3v) is 8.58. The highest BCUT2D eigenvalue weighted by Gasteiger charge is 2.37. The standard InChI is InChI=1S/C45H68O11/c1-2-3-4-14-21-46-22-23-47-24-25-48-26-27-49-28-29-50-30-31-51-32-33-52-34-35-53-36-37-54-38-39-55-40-41-56-45(42-15-8-5-9-16-42,43-17-10-6-11-18-43)44-19-12-7-13-20-44/h5-13,15-20H,2-4,14,21-41H2,1H3. The quantitative estimate of drug-likeness (QED) is 0.0454. The first-order chi connectivity index (χ1) is 27.9. The maximum Gasteiger partial charge on any atom is 0.143 e. The summed E-state index contributed by atoms with van der Waals surface area (Å²) < 4.78 is 62.5. The first-order valence-electron chi connectivity index (χ1n) is 20.5. The van der Waals surface area contributed by atoms with Crippen molar-refractivity contribution in [3.63, 3.8) is 0 Å². The average molecular weight is 785 g/mol. The number of rotatable bonds is 39. The van der Waals surface area contributed by atoms with Crippen LogP contribution < -0.4 is 0 Å². The van der Waals surface area contributed by atoms with Crippen LogP contribution in [0.1, 0.15) is 49.3 Å². The van der Waals surface area contributed by atoms with Crippen molar-refractivity contribution in [2.45, 2.75) is 38.2 Å². The van der Waals surface area contributed by atoms with Crippen molar-refractivity contribution < 1.29 is 52.1 Å². The van der Waals surface area contributed by atoms with E-state index < -0.39 is 5.60 Å². The number of hydrogen-bond acceptors (Lipinski definition) is 11. The van der Waals surface area contributed by atoms with E-state index in [1.807, 2.05) is 54.6 Å². The van der Waals surface area contributed by atoms with Gasteiger partial charge in [0.1, 0.15) is 5.60 Å². The lowest BCUT2D eigenvalue weighted by molar-refractivity contribution is -0.0399. The fraction of sp³-hybridized carbons (Fsp3) is 0.600. The molecule has 0 bridgehead atoms. The van der Waals surface area contributed by atoms with E-state index in [4.69, 9.17) is 52.1 Å². The lowest BCUT2D eigenvalue weighted by atomic mass is 9.80. The molecule has 0 aliphatic heterocycles. The Morgan fingerprint density at radius 1 is 0.286 bits per heavy atom. The van der Waals surface area contributed by atoms with E-state index in [0.717, 1.165) is 29.7 Å². The molecule has 0 aliphatic carbocycles. The number of hydrogen-bond donors (Lipinski definition) is 0. The molecule has 3 aromatic carbocycles. The smallest absolute Gasteiger partial charge is 0.143 e. The molecule has 0 saturated heterocycles. The molecule has 0 unspecified atom stereocenters. The molecule has 0 fully saturated rings. The summed E-state index contributed by atoms with van der Waals surface area (Å²) in [7, 11) is 0. The summed E-state index contributed by atoms with van der Waals surface area (Å²) in [5.74, 6) is 0. The molecule has 0 heterocycles. The van der Waals surface area contributed by atoms with Gasteiger partial charge in [-0.3, -0.25) is 0 Å². The van der Waals surface area contributed by atoms with Gasteiger partial charge in [0.15, 0.2) is 0 Å². The van der Waals surface area contributed by atoms with Crippen molar-refractivity contribution in [3.8, 4) is 0 Å². The number of unbranched alkanes of at least 4 members (excludes halogenated alkanes) is 3. The van der Waals surface area contributed by atoms with Gasteiger partial charge in [0.05, 0.1) is 132 Å². The molecule has 0 atom stereocenters.